The Morgan fingerprint density at radius 3 is 2.42 bits per heavy atom. The van der Waals surface area contributed by atoms with Gasteiger partial charge in [0, 0.05) is 69.4 Å². The molecule has 1 aromatic carbocycles. The quantitative estimate of drug-likeness (QED) is 0.321. The van der Waals surface area contributed by atoms with Crippen molar-refractivity contribution in [2.75, 3.05) is 41.7 Å². The maximum absolute atomic E-state index is 11.7. The second kappa shape index (κ2) is 11.3. The number of benzene rings is 1. The molecule has 3 heterocycles. The van der Waals surface area contributed by atoms with Gasteiger partial charge >= 0.3 is 0 Å². The summed E-state index contributed by atoms with van der Waals surface area (Å²) in [6.45, 7) is 14.5. The summed E-state index contributed by atoms with van der Waals surface area (Å²) in [4.78, 5) is 27.2. The number of nitrogens with zero attached hydrogens (tertiary/aromatic N) is 5. The Balaban J connectivity index is 0.00000253. The molecule has 2 aromatic heterocycles. The Bertz CT molecular complexity index is 1180. The third-order valence-corrected chi connectivity index (χ3v) is 7.52. The van der Waals surface area contributed by atoms with Gasteiger partial charge in [-0.25, -0.2) is 9.97 Å². The first-order valence-corrected chi connectivity index (χ1v) is 13.3. The summed E-state index contributed by atoms with van der Waals surface area (Å²) in [5.74, 6) is 2.33. The van der Waals surface area contributed by atoms with Crippen molar-refractivity contribution in [1.82, 2.24) is 25.1 Å². The van der Waals surface area contributed by atoms with E-state index < -0.39 is 0 Å². The Hall–Kier alpha value is -3.11. The second-order valence-corrected chi connectivity index (χ2v) is 10.7. The molecule has 0 saturated carbocycles. The van der Waals surface area contributed by atoms with Gasteiger partial charge in [-0.2, -0.15) is 5.10 Å². The van der Waals surface area contributed by atoms with Gasteiger partial charge in [0.25, 0.3) is 0 Å². The van der Waals surface area contributed by atoms with Crippen LogP contribution >= 0.6 is 11.8 Å². The molecule has 1 fully saturated rings. The number of aryl methyl sites for hydroxylation is 1. The molecule has 4 rings (SSSR count). The topological polar surface area (TPSA) is 102 Å². The Labute approximate surface area is 220 Å². The minimum atomic E-state index is -0.00169. The summed E-state index contributed by atoms with van der Waals surface area (Å²) in [6.07, 6.45) is 1.58. The molecule has 36 heavy (non-hydrogen) atoms. The number of piperazine rings is 1. The van der Waals surface area contributed by atoms with Crippen LogP contribution in [0.3, 0.4) is 0 Å². The highest BCUT2D eigenvalue weighted by molar-refractivity contribution is 7.99. The smallest absolute Gasteiger partial charge is 0.224 e. The average molecular weight is 513 g/mol. The third-order valence-electron chi connectivity index (χ3n) is 6.65. The Kier molecular flexibility index (Phi) is 8.15. The number of hydrogen-bond donors (Lipinski definition) is 3. The van der Waals surface area contributed by atoms with Crippen LogP contribution in [0.4, 0.5) is 23.1 Å². The van der Waals surface area contributed by atoms with Crippen molar-refractivity contribution < 1.29 is 7.65 Å². The number of carbonyl (C=O) groups is 1. The molecule has 0 radical (unpaired) electrons. The van der Waals surface area contributed by atoms with Gasteiger partial charge in [-0.3, -0.25) is 14.8 Å². The molecular formula is C26H40N8OS. The number of carbonyl (C=O) groups excluding carboxylic acids is 1. The lowest BCUT2D eigenvalue weighted by Gasteiger charge is -2.44. The maximum atomic E-state index is 11.7. The normalized spacial score (nSPS) is 14.6. The van der Waals surface area contributed by atoms with Crippen molar-refractivity contribution in [3.63, 3.8) is 0 Å². The number of rotatable bonds is 9. The molecule has 1 saturated heterocycles. The number of aromatic amines is 1. The summed E-state index contributed by atoms with van der Waals surface area (Å²) in [7, 11) is 0. The van der Waals surface area contributed by atoms with Gasteiger partial charge in [0.2, 0.25) is 5.91 Å². The molecule has 3 N–H and O–H groups in total. The molecule has 9 nitrogen and oxygen atoms in total. The Morgan fingerprint density at radius 1 is 1.08 bits per heavy atom. The first-order valence-electron chi connectivity index (χ1n) is 12.5. The lowest BCUT2D eigenvalue weighted by molar-refractivity contribution is -0.115. The fraction of sp³-hybridized carbons (Fsp3) is 0.462. The van der Waals surface area contributed by atoms with Gasteiger partial charge in [0.15, 0.2) is 11.0 Å². The van der Waals surface area contributed by atoms with E-state index in [9.17, 15) is 4.79 Å². The van der Waals surface area contributed by atoms with E-state index in [1.165, 1.54) is 11.8 Å². The van der Waals surface area contributed by atoms with Gasteiger partial charge in [-0.15, -0.1) is 0 Å². The molecule has 0 spiro atoms. The first-order chi connectivity index (χ1) is 17.3. The highest BCUT2D eigenvalue weighted by Gasteiger charge is 2.29. The molecule has 0 unspecified atom stereocenters. The van der Waals surface area contributed by atoms with E-state index >= 15 is 0 Å². The van der Waals surface area contributed by atoms with E-state index in [0.29, 0.717) is 17.4 Å². The Morgan fingerprint density at radius 2 is 1.81 bits per heavy atom. The van der Waals surface area contributed by atoms with Gasteiger partial charge in [-0.1, -0.05) is 13.8 Å². The third kappa shape index (κ3) is 6.55. The monoisotopic (exact) mass is 512 g/mol. The van der Waals surface area contributed by atoms with E-state index in [2.05, 4.69) is 51.4 Å². The second-order valence-electron chi connectivity index (χ2n) is 9.62. The van der Waals surface area contributed by atoms with Crippen molar-refractivity contribution in [3.05, 3.63) is 42.1 Å². The maximum Gasteiger partial charge on any atom is 0.224 e. The van der Waals surface area contributed by atoms with Gasteiger partial charge in [0.05, 0.1) is 0 Å². The van der Waals surface area contributed by atoms with Gasteiger partial charge in [-0.05, 0) is 63.2 Å². The van der Waals surface area contributed by atoms with Crippen LogP contribution < -0.4 is 15.5 Å². The molecule has 10 heteroatoms. The van der Waals surface area contributed by atoms with Crippen molar-refractivity contribution in [2.24, 2.45) is 0 Å². The molecule has 3 aromatic rings. The van der Waals surface area contributed by atoms with E-state index in [0.717, 1.165) is 60.5 Å². The zero-order valence-electron chi connectivity index (χ0n) is 21.8. The van der Waals surface area contributed by atoms with Crippen LogP contribution in [0.25, 0.3) is 0 Å². The van der Waals surface area contributed by atoms with Crippen molar-refractivity contribution in [3.8, 4) is 0 Å². The van der Waals surface area contributed by atoms with Crippen LogP contribution in [-0.4, -0.2) is 62.7 Å². The van der Waals surface area contributed by atoms with Gasteiger partial charge in [0.1, 0.15) is 11.6 Å². The number of anilines is 4. The largest absolute Gasteiger partial charge is 0.354 e. The molecule has 196 valence electrons. The molecule has 1 aliphatic heterocycles. The van der Waals surface area contributed by atoms with Crippen LogP contribution in [0.2, 0.25) is 0 Å². The first kappa shape index (κ1) is 26.0. The minimum Gasteiger partial charge on any atom is -0.354 e. The van der Waals surface area contributed by atoms with Crippen LogP contribution in [0.5, 0.6) is 0 Å². The number of hydrogen-bond acceptors (Lipinski definition) is 8. The van der Waals surface area contributed by atoms with E-state index in [4.69, 9.17) is 9.97 Å². The lowest BCUT2D eigenvalue weighted by atomic mass is 9.98. The van der Waals surface area contributed by atoms with Crippen molar-refractivity contribution in [1.29, 1.82) is 0 Å². The highest BCUT2D eigenvalue weighted by Crippen LogP contribution is 2.31. The van der Waals surface area contributed by atoms with E-state index in [1.54, 1.807) is 0 Å². The fourth-order valence-corrected chi connectivity index (χ4v) is 4.79. The zero-order chi connectivity index (χ0) is 25.7. The number of amides is 1. The molecule has 0 aliphatic carbocycles. The number of aromatic nitrogens is 4. The summed E-state index contributed by atoms with van der Waals surface area (Å²) < 4.78 is 0. The van der Waals surface area contributed by atoms with E-state index in [1.807, 2.05) is 50.2 Å². The summed E-state index contributed by atoms with van der Waals surface area (Å²) >= 11 is 1.50. The van der Waals surface area contributed by atoms with Crippen molar-refractivity contribution >= 4 is 40.8 Å². The van der Waals surface area contributed by atoms with Crippen LogP contribution in [0.1, 0.15) is 49.1 Å². The number of H-pyrrole nitrogens is 1. The molecule has 1 aliphatic rings. The minimum absolute atomic E-state index is 0. The molecular weight excluding hydrogens is 472 g/mol. The summed E-state index contributed by atoms with van der Waals surface area (Å²) in [5.41, 5.74) is 1.96. The SMILES string of the molecule is CCC(=O)Nc1ccc(Sc2nc(Nc3cc(C)[nH]n3)cc(N3CCN(C(C)(C)CC)CC3)n2)cc1.[HH].[HH]. The van der Waals surface area contributed by atoms with Crippen LogP contribution in [-0.2, 0) is 4.79 Å². The lowest BCUT2D eigenvalue weighted by Crippen LogP contribution is -2.54. The van der Waals surface area contributed by atoms with Gasteiger partial charge < -0.3 is 15.5 Å². The predicted octanol–water partition coefficient (Wildman–Crippen LogP) is 5.55. The predicted molar refractivity (Wildman–Crippen MR) is 151 cm³/mol. The molecule has 1 amide bonds. The zero-order valence-corrected chi connectivity index (χ0v) is 22.6. The van der Waals surface area contributed by atoms with Crippen LogP contribution in [0, 0.1) is 6.92 Å². The average Bonchev–Trinajstić information content (AvgIpc) is 3.29. The summed E-state index contributed by atoms with van der Waals surface area (Å²) in [5, 5.41) is 14.1. The van der Waals surface area contributed by atoms with Crippen molar-refractivity contribution in [2.45, 2.75) is 63.1 Å². The highest BCUT2D eigenvalue weighted by atomic mass is 32.2. The summed E-state index contributed by atoms with van der Waals surface area (Å²) in [6, 6.07) is 11.7. The van der Waals surface area contributed by atoms with E-state index in [-0.39, 0.29) is 14.3 Å². The van der Waals surface area contributed by atoms with Crippen LogP contribution in [0.15, 0.2) is 46.5 Å². The number of nitrogens with one attached hydrogen (secondary N) is 3. The fourth-order valence-electron chi connectivity index (χ4n) is 4.02. The molecule has 0 bridgehead atoms. The molecule has 0 atom stereocenters. The standard InChI is InChI=1S/C26H36N8OS.2H2/c1-6-24(35)27-19-8-10-20(11-9-19)36-25-29-21(28-22-16-18(3)31-32-22)17-23(30-25)33-12-14-34(15-13-33)26(4,5)7-2;;/h8-11,16-17H,6-7,12-15H2,1-5H3,(H,27,35)(H2,28,29,30,31,32);2*1H.